The molecule has 0 aliphatic heterocycles. The highest BCUT2D eigenvalue weighted by Crippen LogP contribution is 2.28. The molecule has 3 nitrogen and oxygen atoms in total. The van der Waals surface area contributed by atoms with Crippen LogP contribution < -0.4 is 11.1 Å². The average molecular weight is 247 g/mol. The first-order valence-electron chi connectivity index (χ1n) is 4.59. The van der Waals surface area contributed by atoms with Crippen LogP contribution in [-0.2, 0) is 0 Å². The van der Waals surface area contributed by atoms with Crippen LogP contribution in [0, 0.1) is 0 Å². The maximum Gasteiger partial charge on any atom is 0.251 e. The lowest BCUT2D eigenvalue weighted by Gasteiger charge is -2.06. The zero-order valence-electron chi connectivity index (χ0n) is 8.31. The van der Waals surface area contributed by atoms with Gasteiger partial charge in [0.2, 0.25) is 0 Å². The van der Waals surface area contributed by atoms with Crippen LogP contribution in [0.2, 0.25) is 10.0 Å². The summed E-state index contributed by atoms with van der Waals surface area (Å²) in [7, 11) is 0. The second-order valence-corrected chi connectivity index (χ2v) is 3.92. The van der Waals surface area contributed by atoms with E-state index < -0.39 is 0 Å². The van der Waals surface area contributed by atoms with Crippen LogP contribution in [0.1, 0.15) is 23.7 Å². The van der Waals surface area contributed by atoms with Gasteiger partial charge >= 0.3 is 0 Å². The molecule has 1 aromatic rings. The second kappa shape index (κ2) is 5.24. The molecule has 0 radical (unpaired) electrons. The first-order chi connectivity index (χ1) is 7.06. The van der Waals surface area contributed by atoms with Crippen molar-refractivity contribution in [3.8, 4) is 0 Å². The van der Waals surface area contributed by atoms with Gasteiger partial charge in [-0.1, -0.05) is 30.1 Å². The minimum absolute atomic E-state index is 0.194. The minimum atomic E-state index is -0.194. The van der Waals surface area contributed by atoms with E-state index in [4.69, 9.17) is 28.9 Å². The molecule has 1 aromatic carbocycles. The molecule has 15 heavy (non-hydrogen) atoms. The topological polar surface area (TPSA) is 55.1 Å². The maximum atomic E-state index is 11.6. The van der Waals surface area contributed by atoms with Gasteiger partial charge in [-0.2, -0.15) is 0 Å². The summed E-state index contributed by atoms with van der Waals surface area (Å²) in [6, 6.07) is 3.02. The lowest BCUT2D eigenvalue weighted by Crippen LogP contribution is -2.24. The molecule has 0 saturated carbocycles. The molecule has 5 heteroatoms. The van der Waals surface area contributed by atoms with Crippen molar-refractivity contribution in [3.63, 3.8) is 0 Å². The van der Waals surface area contributed by atoms with Crippen LogP contribution >= 0.6 is 23.2 Å². The summed E-state index contributed by atoms with van der Waals surface area (Å²) >= 11 is 11.6. The largest absolute Gasteiger partial charge is 0.396 e. The molecule has 0 atom stereocenters. The van der Waals surface area contributed by atoms with E-state index in [9.17, 15) is 4.79 Å². The fourth-order valence-corrected chi connectivity index (χ4v) is 1.54. The van der Waals surface area contributed by atoms with Crippen molar-refractivity contribution in [3.05, 3.63) is 27.7 Å². The van der Waals surface area contributed by atoms with Crippen LogP contribution in [0.5, 0.6) is 0 Å². The van der Waals surface area contributed by atoms with E-state index in [0.29, 0.717) is 27.8 Å². The Morgan fingerprint density at radius 2 is 1.93 bits per heavy atom. The summed E-state index contributed by atoms with van der Waals surface area (Å²) < 4.78 is 0. The monoisotopic (exact) mass is 246 g/mol. The number of carbonyl (C=O) groups is 1. The quantitative estimate of drug-likeness (QED) is 0.807. The molecule has 0 heterocycles. The minimum Gasteiger partial charge on any atom is -0.396 e. The lowest BCUT2D eigenvalue weighted by atomic mass is 10.2. The number of benzene rings is 1. The number of nitrogens with one attached hydrogen (secondary N) is 1. The first-order valence-corrected chi connectivity index (χ1v) is 5.34. The SMILES string of the molecule is CCCNC(=O)c1cc(Cl)c(N)c(Cl)c1. The Hall–Kier alpha value is -0.930. The number of anilines is 1. The summed E-state index contributed by atoms with van der Waals surface area (Å²) in [5.41, 5.74) is 6.28. The highest BCUT2D eigenvalue weighted by Gasteiger charge is 2.10. The zero-order valence-corrected chi connectivity index (χ0v) is 9.82. The van der Waals surface area contributed by atoms with Crippen LogP contribution in [0.25, 0.3) is 0 Å². The van der Waals surface area contributed by atoms with Gasteiger partial charge < -0.3 is 11.1 Å². The molecule has 0 spiro atoms. The number of rotatable bonds is 3. The molecule has 0 fully saturated rings. The van der Waals surface area contributed by atoms with E-state index >= 15 is 0 Å². The van der Waals surface area contributed by atoms with Crippen molar-refractivity contribution in [2.45, 2.75) is 13.3 Å². The van der Waals surface area contributed by atoms with Crippen LogP contribution in [0.15, 0.2) is 12.1 Å². The zero-order chi connectivity index (χ0) is 11.4. The third-order valence-electron chi connectivity index (χ3n) is 1.88. The van der Waals surface area contributed by atoms with E-state index in [-0.39, 0.29) is 5.91 Å². The first kappa shape index (κ1) is 12.1. The predicted molar refractivity (Wildman–Crippen MR) is 63.5 cm³/mol. The molecule has 1 amide bonds. The van der Waals surface area contributed by atoms with Gasteiger partial charge in [-0.15, -0.1) is 0 Å². The molecule has 0 aromatic heterocycles. The number of hydrogen-bond acceptors (Lipinski definition) is 2. The Morgan fingerprint density at radius 3 is 2.40 bits per heavy atom. The van der Waals surface area contributed by atoms with Gasteiger partial charge in [-0.25, -0.2) is 0 Å². The third kappa shape index (κ3) is 3.01. The molecule has 82 valence electrons. The van der Waals surface area contributed by atoms with Crippen LogP contribution in [-0.4, -0.2) is 12.5 Å². The van der Waals surface area contributed by atoms with E-state index in [1.165, 1.54) is 12.1 Å². The summed E-state index contributed by atoms with van der Waals surface area (Å²) in [6.07, 6.45) is 0.877. The smallest absolute Gasteiger partial charge is 0.251 e. The van der Waals surface area contributed by atoms with Gasteiger partial charge in [0.15, 0.2) is 0 Å². The normalized spacial score (nSPS) is 10.1. The average Bonchev–Trinajstić information content (AvgIpc) is 2.21. The van der Waals surface area contributed by atoms with Gasteiger partial charge in [-0.05, 0) is 18.6 Å². The summed E-state index contributed by atoms with van der Waals surface area (Å²) in [4.78, 5) is 11.6. The number of carbonyl (C=O) groups excluding carboxylic acids is 1. The van der Waals surface area contributed by atoms with Crippen molar-refractivity contribution < 1.29 is 4.79 Å². The molecular weight excluding hydrogens is 235 g/mol. The highest BCUT2D eigenvalue weighted by molar-refractivity contribution is 6.39. The Kier molecular flexibility index (Phi) is 4.24. The highest BCUT2D eigenvalue weighted by atomic mass is 35.5. The van der Waals surface area contributed by atoms with E-state index in [0.717, 1.165) is 6.42 Å². The molecule has 0 bridgehead atoms. The predicted octanol–water partition coefficient (Wildman–Crippen LogP) is 2.72. The Bertz CT molecular complexity index is 357. The van der Waals surface area contributed by atoms with E-state index in [1.54, 1.807) is 0 Å². The van der Waals surface area contributed by atoms with Gasteiger partial charge in [-0.3, -0.25) is 4.79 Å². The maximum absolute atomic E-state index is 11.6. The van der Waals surface area contributed by atoms with E-state index in [1.807, 2.05) is 6.92 Å². The molecule has 0 aliphatic carbocycles. The molecule has 1 rings (SSSR count). The third-order valence-corrected chi connectivity index (χ3v) is 2.50. The fraction of sp³-hybridized carbons (Fsp3) is 0.300. The van der Waals surface area contributed by atoms with E-state index in [2.05, 4.69) is 5.32 Å². The number of hydrogen-bond donors (Lipinski definition) is 2. The Morgan fingerprint density at radius 1 is 1.40 bits per heavy atom. The second-order valence-electron chi connectivity index (χ2n) is 3.11. The summed E-state index contributed by atoms with van der Waals surface area (Å²) in [5, 5.41) is 3.32. The fourth-order valence-electron chi connectivity index (χ4n) is 1.06. The molecule has 3 N–H and O–H groups in total. The molecule has 0 unspecified atom stereocenters. The molecule has 0 saturated heterocycles. The lowest BCUT2D eigenvalue weighted by molar-refractivity contribution is 0.0953. The van der Waals surface area contributed by atoms with Gasteiger partial charge in [0.25, 0.3) is 5.91 Å². The number of amides is 1. The summed E-state index contributed by atoms with van der Waals surface area (Å²) in [6.45, 7) is 2.60. The van der Waals surface area contributed by atoms with Crippen LogP contribution in [0.4, 0.5) is 5.69 Å². The number of nitrogens with two attached hydrogens (primary N) is 1. The van der Waals surface area contributed by atoms with Gasteiger partial charge in [0, 0.05) is 12.1 Å². The number of halogens is 2. The van der Waals surface area contributed by atoms with Crippen molar-refractivity contribution in [2.24, 2.45) is 0 Å². The Labute approximate surface area is 98.5 Å². The molecular formula is C10H12Cl2N2O. The van der Waals surface area contributed by atoms with Crippen molar-refractivity contribution in [2.75, 3.05) is 12.3 Å². The van der Waals surface area contributed by atoms with Crippen molar-refractivity contribution in [1.82, 2.24) is 5.32 Å². The standard InChI is InChI=1S/C10H12Cl2N2O/c1-2-3-14-10(15)6-4-7(11)9(13)8(12)5-6/h4-5H,2-3,13H2,1H3,(H,14,15). The van der Waals surface area contributed by atoms with Gasteiger partial charge in [0.1, 0.15) is 0 Å². The van der Waals surface area contributed by atoms with Crippen molar-refractivity contribution in [1.29, 1.82) is 0 Å². The summed E-state index contributed by atoms with van der Waals surface area (Å²) in [5.74, 6) is -0.194. The van der Waals surface area contributed by atoms with Gasteiger partial charge in [0.05, 0.1) is 15.7 Å². The number of nitrogen functional groups attached to an aromatic ring is 1. The van der Waals surface area contributed by atoms with Crippen LogP contribution in [0.3, 0.4) is 0 Å². The Balaban J connectivity index is 2.91. The van der Waals surface area contributed by atoms with Crippen molar-refractivity contribution >= 4 is 34.8 Å². The molecule has 0 aliphatic rings.